The highest BCUT2D eigenvalue weighted by molar-refractivity contribution is 7.66. The zero-order valence-corrected chi connectivity index (χ0v) is 18.7. The summed E-state index contributed by atoms with van der Waals surface area (Å²) in [6.45, 7) is 2.53. The van der Waals surface area contributed by atoms with Crippen LogP contribution in [-0.2, 0) is 31.6 Å². The van der Waals surface area contributed by atoms with Gasteiger partial charge in [-0.1, -0.05) is 6.58 Å². The van der Waals surface area contributed by atoms with Gasteiger partial charge in [-0.05, 0) is 6.08 Å². The predicted molar refractivity (Wildman–Crippen MR) is 102 cm³/mol. The summed E-state index contributed by atoms with van der Waals surface area (Å²) in [5.74, 6) is -0.493. The lowest BCUT2D eigenvalue weighted by molar-refractivity contribution is -0.120. The van der Waals surface area contributed by atoms with Crippen LogP contribution >= 0.6 is 35.1 Å². The second kappa shape index (κ2) is 9.29. The number of amidine groups is 1. The van der Waals surface area contributed by atoms with Crippen LogP contribution in [0.4, 0.5) is 0 Å². The molecule has 0 bridgehead atoms. The molecule has 2 aliphatic rings. The molecule has 0 saturated carbocycles. The maximum absolute atomic E-state index is 11.9. The number of hydrogen-bond donors (Lipinski definition) is 7. The van der Waals surface area contributed by atoms with Gasteiger partial charge in [0.25, 0.3) is 0 Å². The van der Waals surface area contributed by atoms with E-state index in [2.05, 4.69) is 24.7 Å². The summed E-state index contributed by atoms with van der Waals surface area (Å²) >= 11 is 5.81. The van der Waals surface area contributed by atoms with Gasteiger partial charge < -0.3 is 45.2 Å². The van der Waals surface area contributed by atoms with Gasteiger partial charge in [0.15, 0.2) is 6.23 Å². The number of rotatable bonds is 9. The van der Waals surface area contributed by atoms with E-state index in [1.165, 1.54) is 17.2 Å². The van der Waals surface area contributed by atoms with Crippen LogP contribution in [0.5, 0.6) is 0 Å². The van der Waals surface area contributed by atoms with Crippen molar-refractivity contribution < 1.29 is 61.4 Å². The summed E-state index contributed by atoms with van der Waals surface area (Å²) in [5, 5.41) is 20.8. The van der Waals surface area contributed by atoms with E-state index >= 15 is 0 Å². The van der Waals surface area contributed by atoms with Crippen molar-refractivity contribution >= 4 is 40.9 Å². The molecule has 2 aliphatic heterocycles. The maximum atomic E-state index is 11.9. The van der Waals surface area contributed by atoms with Crippen molar-refractivity contribution in [1.29, 1.82) is 0 Å². The van der Waals surface area contributed by atoms with E-state index in [0.29, 0.717) is 0 Å². The highest BCUT2D eigenvalue weighted by Crippen LogP contribution is 2.66. The van der Waals surface area contributed by atoms with Gasteiger partial charge in [-0.3, -0.25) is 4.52 Å². The molecule has 0 amide bonds. The molecule has 1 saturated heterocycles. The quantitative estimate of drug-likeness (QED) is 0.140. The number of alkyl halides is 1. The third kappa shape index (κ3) is 6.67. The molecule has 2 unspecified atom stereocenters. The SMILES string of the molecule is C=C1N=C(N)C=CN1[C@@H]1O[C@](CCl)(COP(=O)(O)OP(=O)(O)OP(=O)(O)O)[C@@H](O)[C@H]1O. The highest BCUT2D eigenvalue weighted by atomic mass is 35.5. The van der Waals surface area contributed by atoms with Crippen molar-refractivity contribution in [2.24, 2.45) is 10.7 Å². The number of phosphoric ester groups is 1. The number of hydrogen-bond acceptors (Lipinski definition) is 12. The average Bonchev–Trinajstić information content (AvgIpc) is 2.82. The van der Waals surface area contributed by atoms with E-state index < -0.39 is 60.0 Å². The first kappa shape index (κ1) is 26.6. The monoisotopic (exact) mass is 529 g/mol. The van der Waals surface area contributed by atoms with Gasteiger partial charge in [-0.15, -0.1) is 11.6 Å². The van der Waals surface area contributed by atoms with Crippen molar-refractivity contribution in [3.8, 4) is 0 Å². The summed E-state index contributed by atoms with van der Waals surface area (Å²) in [5.41, 5.74) is 3.47. The van der Waals surface area contributed by atoms with Crippen molar-refractivity contribution in [2.45, 2.75) is 24.0 Å². The Bertz CT molecular complexity index is 924. The number of aliphatic hydroxyl groups is 2. The topological polar surface area (TPSA) is 251 Å². The zero-order valence-electron chi connectivity index (χ0n) is 15.2. The molecular formula is C11H19ClN3O13P3. The molecule has 20 heteroatoms. The zero-order chi connectivity index (χ0) is 23.8. The molecule has 31 heavy (non-hydrogen) atoms. The van der Waals surface area contributed by atoms with Gasteiger partial charge in [0.1, 0.15) is 29.5 Å². The predicted octanol–water partition coefficient (Wildman–Crippen LogP) is -0.957. The number of aliphatic imine (C=N–C) groups is 1. The van der Waals surface area contributed by atoms with Gasteiger partial charge in [-0.2, -0.15) is 8.62 Å². The first-order chi connectivity index (χ1) is 14.0. The Morgan fingerprint density at radius 2 is 1.84 bits per heavy atom. The molecule has 178 valence electrons. The number of halogens is 1. The molecule has 16 nitrogen and oxygen atoms in total. The first-order valence-electron chi connectivity index (χ1n) is 7.89. The number of nitrogens with two attached hydrogens (primary N) is 1. The summed E-state index contributed by atoms with van der Waals surface area (Å²) in [4.78, 5) is 40.8. The molecule has 2 heterocycles. The summed E-state index contributed by atoms with van der Waals surface area (Å²) < 4.78 is 51.2. The van der Waals surface area contributed by atoms with Crippen LogP contribution in [-0.4, -0.2) is 77.0 Å². The minimum absolute atomic E-state index is 0.0227. The summed E-state index contributed by atoms with van der Waals surface area (Å²) in [7, 11) is -16.8. The van der Waals surface area contributed by atoms with Crippen LogP contribution in [0.15, 0.2) is 29.7 Å². The molecule has 6 atom stereocenters. The van der Waals surface area contributed by atoms with Gasteiger partial charge in [0, 0.05) is 6.20 Å². The van der Waals surface area contributed by atoms with Crippen molar-refractivity contribution in [2.75, 3.05) is 12.5 Å². The number of nitrogens with zero attached hydrogens (tertiary/aromatic N) is 2. The Hall–Kier alpha value is -0.670. The second-order valence-corrected chi connectivity index (χ2v) is 10.9. The Balaban J connectivity index is 2.14. The normalized spacial score (nSPS) is 33.1. The second-order valence-electron chi connectivity index (χ2n) is 6.18. The van der Waals surface area contributed by atoms with Crippen LogP contribution in [0.25, 0.3) is 0 Å². The van der Waals surface area contributed by atoms with E-state index in [4.69, 9.17) is 36.8 Å². The van der Waals surface area contributed by atoms with E-state index in [1.807, 2.05) is 0 Å². The first-order valence-corrected chi connectivity index (χ1v) is 12.9. The van der Waals surface area contributed by atoms with E-state index in [9.17, 15) is 28.8 Å². The number of ether oxygens (including phenoxy) is 1. The van der Waals surface area contributed by atoms with Gasteiger partial charge >= 0.3 is 23.5 Å². The molecule has 0 spiro atoms. The average molecular weight is 530 g/mol. The third-order valence-corrected chi connectivity index (χ3v) is 8.10. The van der Waals surface area contributed by atoms with Crippen LogP contribution in [0.1, 0.15) is 0 Å². The molecule has 0 radical (unpaired) electrons. The van der Waals surface area contributed by atoms with Crippen LogP contribution in [0, 0.1) is 0 Å². The fraction of sp³-hybridized carbons (Fsp3) is 0.545. The van der Waals surface area contributed by atoms with E-state index in [1.54, 1.807) is 0 Å². The fourth-order valence-corrected chi connectivity index (χ4v) is 5.92. The highest BCUT2D eigenvalue weighted by Gasteiger charge is 2.57. The lowest BCUT2D eigenvalue weighted by atomic mass is 9.98. The van der Waals surface area contributed by atoms with Gasteiger partial charge in [0.05, 0.1) is 12.5 Å². The molecule has 0 aliphatic carbocycles. The molecule has 1 fully saturated rings. The molecule has 8 N–H and O–H groups in total. The molecule has 0 aromatic rings. The lowest BCUT2D eigenvalue weighted by Gasteiger charge is -2.32. The van der Waals surface area contributed by atoms with Crippen LogP contribution < -0.4 is 5.73 Å². The Morgan fingerprint density at radius 1 is 1.23 bits per heavy atom. The number of phosphoric acid groups is 3. The van der Waals surface area contributed by atoms with Crippen molar-refractivity contribution in [3.63, 3.8) is 0 Å². The molecule has 0 aromatic carbocycles. The molecule has 0 aromatic heterocycles. The Labute approximate surface area is 179 Å². The smallest absolute Gasteiger partial charge is 0.387 e. The minimum atomic E-state index is -5.75. The minimum Gasteiger partial charge on any atom is -0.387 e. The number of aliphatic hydroxyl groups excluding tert-OH is 2. The molecular weight excluding hydrogens is 511 g/mol. The van der Waals surface area contributed by atoms with Crippen LogP contribution in [0.3, 0.4) is 0 Å². The van der Waals surface area contributed by atoms with Crippen molar-refractivity contribution in [1.82, 2.24) is 4.90 Å². The van der Waals surface area contributed by atoms with Gasteiger partial charge in [-0.25, -0.2) is 18.7 Å². The largest absolute Gasteiger partial charge is 0.490 e. The summed E-state index contributed by atoms with van der Waals surface area (Å²) in [6.07, 6.45) is -2.16. The fourth-order valence-electron chi connectivity index (χ4n) is 2.55. The van der Waals surface area contributed by atoms with Crippen molar-refractivity contribution in [3.05, 3.63) is 24.7 Å². The maximum Gasteiger partial charge on any atom is 0.490 e. The van der Waals surface area contributed by atoms with Crippen LogP contribution in [0.2, 0.25) is 0 Å². The van der Waals surface area contributed by atoms with E-state index in [-0.39, 0.29) is 11.7 Å². The molecule has 2 rings (SSSR count). The lowest BCUT2D eigenvalue weighted by Crippen LogP contribution is -2.48. The Kier molecular flexibility index (Phi) is 7.97. The van der Waals surface area contributed by atoms with E-state index in [0.717, 1.165) is 0 Å². The summed E-state index contributed by atoms with van der Waals surface area (Å²) in [6, 6.07) is 0. The van der Waals surface area contributed by atoms with Gasteiger partial charge in [0.2, 0.25) is 0 Å². The Morgan fingerprint density at radius 3 is 2.35 bits per heavy atom. The third-order valence-electron chi connectivity index (χ3n) is 3.86. The standard InChI is InChI=1S/C11H19ClN3O13P3/c1-6-14-7(13)2-3-15(6)10-8(16)9(17)11(4-12,26-10)5-25-30(21,22)28-31(23,24)27-29(18,19)20/h2-3,8-10,16-17H,1,4-5H2,(H2,13,14)(H,21,22)(H,23,24)(H2,18,19,20)/t8-,9+,10-,11-/m1/s1.